The molecule has 0 aliphatic carbocycles. The highest BCUT2D eigenvalue weighted by Crippen LogP contribution is 2.28. The van der Waals surface area contributed by atoms with Gasteiger partial charge >= 0.3 is 0 Å². The number of aryl methyl sites for hydroxylation is 2. The number of rotatable bonds is 5. The molecule has 1 saturated heterocycles. The number of nitrogens with zero attached hydrogens (tertiary/aromatic N) is 3. The van der Waals surface area contributed by atoms with E-state index in [1.165, 1.54) is 16.8 Å². The van der Waals surface area contributed by atoms with Gasteiger partial charge in [-0.1, -0.05) is 18.2 Å². The zero-order valence-corrected chi connectivity index (χ0v) is 17.9. The monoisotopic (exact) mass is 403 g/mol. The topological polar surface area (TPSA) is 48.8 Å². The van der Waals surface area contributed by atoms with E-state index in [9.17, 15) is 5.11 Å². The van der Waals surface area contributed by atoms with E-state index in [1.54, 1.807) is 13.2 Å². The van der Waals surface area contributed by atoms with Gasteiger partial charge in [-0.2, -0.15) is 0 Å². The maximum atomic E-state index is 10.4. The molecule has 1 aliphatic rings. The Morgan fingerprint density at radius 2 is 1.77 bits per heavy atom. The van der Waals surface area contributed by atoms with Crippen molar-refractivity contribution in [1.29, 1.82) is 0 Å². The van der Waals surface area contributed by atoms with E-state index in [0.29, 0.717) is 11.6 Å². The molecule has 156 valence electrons. The van der Waals surface area contributed by atoms with Gasteiger partial charge in [-0.15, -0.1) is 0 Å². The number of phenolic OH excluding ortho intramolecular Hbond substituents is 1. The first-order chi connectivity index (χ1) is 14.5. The molecule has 0 spiro atoms. The summed E-state index contributed by atoms with van der Waals surface area (Å²) in [5.41, 5.74) is 6.71. The van der Waals surface area contributed by atoms with Crippen LogP contribution in [0.2, 0.25) is 0 Å². The standard InChI is InChI=1S/C25H29N3O2/c1-18-7-8-19(2)23(15-18)28-13-11-27(12-14-28)17-21-16-20(9-10-24(21)29)22-5-4-6-25(26-22)30-3/h4-10,15-16,29H,11-14,17H2,1-3H3. The predicted octanol–water partition coefficient (Wildman–Crippen LogP) is 4.40. The lowest BCUT2D eigenvalue weighted by Crippen LogP contribution is -2.46. The van der Waals surface area contributed by atoms with Gasteiger partial charge in [-0.05, 0) is 55.3 Å². The molecular formula is C25H29N3O2. The lowest BCUT2D eigenvalue weighted by molar-refractivity contribution is 0.246. The molecule has 5 heteroatoms. The molecule has 2 heterocycles. The van der Waals surface area contributed by atoms with Crippen molar-refractivity contribution in [2.24, 2.45) is 0 Å². The van der Waals surface area contributed by atoms with Gasteiger partial charge in [-0.3, -0.25) is 4.90 Å². The molecule has 0 atom stereocenters. The summed E-state index contributed by atoms with van der Waals surface area (Å²) in [5, 5.41) is 10.4. The van der Waals surface area contributed by atoms with Crippen molar-refractivity contribution < 1.29 is 9.84 Å². The van der Waals surface area contributed by atoms with Crippen LogP contribution in [0.3, 0.4) is 0 Å². The van der Waals surface area contributed by atoms with Gasteiger partial charge in [0.1, 0.15) is 5.75 Å². The molecule has 30 heavy (non-hydrogen) atoms. The van der Waals surface area contributed by atoms with E-state index < -0.39 is 0 Å². The van der Waals surface area contributed by atoms with Gasteiger partial charge in [0, 0.05) is 55.6 Å². The van der Waals surface area contributed by atoms with Gasteiger partial charge in [0.2, 0.25) is 5.88 Å². The lowest BCUT2D eigenvalue weighted by atomic mass is 10.1. The normalized spacial score (nSPS) is 14.7. The molecule has 4 rings (SSSR count). The number of phenols is 1. The summed E-state index contributed by atoms with van der Waals surface area (Å²) < 4.78 is 5.24. The fraction of sp³-hybridized carbons (Fsp3) is 0.320. The zero-order valence-electron chi connectivity index (χ0n) is 17.9. The van der Waals surface area contributed by atoms with Crippen molar-refractivity contribution in [3.05, 3.63) is 71.3 Å². The van der Waals surface area contributed by atoms with Crippen molar-refractivity contribution in [2.75, 3.05) is 38.2 Å². The molecule has 0 radical (unpaired) electrons. The maximum Gasteiger partial charge on any atom is 0.213 e. The average molecular weight is 404 g/mol. The largest absolute Gasteiger partial charge is 0.508 e. The van der Waals surface area contributed by atoms with Crippen LogP contribution in [0.1, 0.15) is 16.7 Å². The van der Waals surface area contributed by atoms with E-state index in [1.807, 2.05) is 30.3 Å². The highest BCUT2D eigenvalue weighted by Gasteiger charge is 2.20. The number of aromatic nitrogens is 1. The van der Waals surface area contributed by atoms with Crippen molar-refractivity contribution in [3.8, 4) is 22.9 Å². The highest BCUT2D eigenvalue weighted by atomic mass is 16.5. The summed E-state index contributed by atoms with van der Waals surface area (Å²) in [6, 6.07) is 18.1. The lowest BCUT2D eigenvalue weighted by Gasteiger charge is -2.37. The molecule has 1 aromatic heterocycles. The van der Waals surface area contributed by atoms with E-state index in [4.69, 9.17) is 4.74 Å². The fourth-order valence-electron chi connectivity index (χ4n) is 4.01. The number of aromatic hydroxyl groups is 1. The van der Waals surface area contributed by atoms with Crippen LogP contribution in [0.4, 0.5) is 5.69 Å². The number of ether oxygens (including phenoxy) is 1. The van der Waals surface area contributed by atoms with Crippen LogP contribution in [-0.2, 0) is 6.54 Å². The molecule has 3 aromatic rings. The Bertz CT molecular complexity index is 1030. The average Bonchev–Trinajstić information content (AvgIpc) is 2.77. The first-order valence-corrected chi connectivity index (χ1v) is 10.4. The van der Waals surface area contributed by atoms with Gasteiger partial charge in [0.15, 0.2) is 0 Å². The van der Waals surface area contributed by atoms with Crippen molar-refractivity contribution in [2.45, 2.75) is 20.4 Å². The second kappa shape index (κ2) is 8.76. The Labute approximate surface area is 178 Å². The summed E-state index contributed by atoms with van der Waals surface area (Å²) in [5.74, 6) is 0.920. The summed E-state index contributed by atoms with van der Waals surface area (Å²) in [6.45, 7) is 8.96. The van der Waals surface area contributed by atoms with E-state index in [2.05, 4.69) is 46.8 Å². The van der Waals surface area contributed by atoms with Gasteiger partial charge in [0.25, 0.3) is 0 Å². The molecule has 1 aliphatic heterocycles. The highest BCUT2D eigenvalue weighted by molar-refractivity contribution is 5.62. The van der Waals surface area contributed by atoms with Crippen LogP contribution in [-0.4, -0.2) is 48.3 Å². The molecule has 2 aromatic carbocycles. The van der Waals surface area contributed by atoms with E-state index >= 15 is 0 Å². The smallest absolute Gasteiger partial charge is 0.213 e. The number of hydrogen-bond acceptors (Lipinski definition) is 5. The van der Waals surface area contributed by atoms with Crippen LogP contribution in [0.15, 0.2) is 54.6 Å². The minimum absolute atomic E-state index is 0.332. The fourth-order valence-corrected chi connectivity index (χ4v) is 4.01. The first kappa shape index (κ1) is 20.2. The number of anilines is 1. The Kier molecular flexibility index (Phi) is 5.91. The SMILES string of the molecule is COc1cccc(-c2ccc(O)c(CN3CCN(c4cc(C)ccc4C)CC3)c2)n1. The minimum Gasteiger partial charge on any atom is -0.508 e. The van der Waals surface area contributed by atoms with Crippen LogP contribution < -0.4 is 9.64 Å². The minimum atomic E-state index is 0.332. The van der Waals surface area contributed by atoms with Gasteiger partial charge in [0.05, 0.1) is 12.8 Å². The first-order valence-electron chi connectivity index (χ1n) is 10.4. The third-order valence-corrected chi connectivity index (χ3v) is 5.78. The predicted molar refractivity (Wildman–Crippen MR) is 121 cm³/mol. The Morgan fingerprint density at radius 3 is 2.53 bits per heavy atom. The Morgan fingerprint density at radius 1 is 0.967 bits per heavy atom. The maximum absolute atomic E-state index is 10.4. The Hall–Kier alpha value is -3.05. The molecular weight excluding hydrogens is 374 g/mol. The van der Waals surface area contributed by atoms with Crippen molar-refractivity contribution in [3.63, 3.8) is 0 Å². The number of benzene rings is 2. The molecule has 1 N–H and O–H groups in total. The molecule has 0 unspecified atom stereocenters. The third kappa shape index (κ3) is 4.41. The molecule has 0 saturated carbocycles. The molecule has 5 nitrogen and oxygen atoms in total. The Balaban J connectivity index is 1.45. The second-order valence-corrected chi connectivity index (χ2v) is 7.96. The third-order valence-electron chi connectivity index (χ3n) is 5.78. The molecule has 0 bridgehead atoms. The zero-order chi connectivity index (χ0) is 21.1. The number of hydrogen-bond donors (Lipinski definition) is 1. The van der Waals surface area contributed by atoms with Crippen molar-refractivity contribution >= 4 is 5.69 Å². The van der Waals surface area contributed by atoms with Crippen LogP contribution >= 0.6 is 0 Å². The second-order valence-electron chi connectivity index (χ2n) is 7.96. The summed E-state index contributed by atoms with van der Waals surface area (Å²) in [4.78, 5) is 9.38. The number of methoxy groups -OCH3 is 1. The number of pyridine rings is 1. The molecule has 0 amide bonds. The molecule has 1 fully saturated rings. The number of piperazine rings is 1. The van der Waals surface area contributed by atoms with Crippen molar-refractivity contribution in [1.82, 2.24) is 9.88 Å². The van der Waals surface area contributed by atoms with Crippen LogP contribution in [0.5, 0.6) is 11.6 Å². The van der Waals surface area contributed by atoms with Crippen LogP contribution in [0, 0.1) is 13.8 Å². The van der Waals surface area contributed by atoms with Crippen LogP contribution in [0.25, 0.3) is 11.3 Å². The van der Waals surface area contributed by atoms with E-state index in [-0.39, 0.29) is 0 Å². The van der Waals surface area contributed by atoms with Gasteiger partial charge < -0.3 is 14.7 Å². The summed E-state index contributed by atoms with van der Waals surface area (Å²) in [7, 11) is 1.62. The quantitative estimate of drug-likeness (QED) is 0.684. The summed E-state index contributed by atoms with van der Waals surface area (Å²) >= 11 is 0. The van der Waals surface area contributed by atoms with E-state index in [0.717, 1.165) is 49.5 Å². The summed E-state index contributed by atoms with van der Waals surface area (Å²) in [6.07, 6.45) is 0. The van der Waals surface area contributed by atoms with Gasteiger partial charge in [-0.25, -0.2) is 4.98 Å².